The maximum absolute atomic E-state index is 13.7. The van der Waals surface area contributed by atoms with Crippen molar-refractivity contribution in [2.45, 2.75) is 26.0 Å². The van der Waals surface area contributed by atoms with Gasteiger partial charge in [-0.15, -0.1) is 0 Å². The minimum absolute atomic E-state index is 0.213. The van der Waals surface area contributed by atoms with E-state index in [0.29, 0.717) is 5.69 Å². The molecule has 2 saturated heterocycles. The molecule has 3 aromatic carbocycles. The summed E-state index contributed by atoms with van der Waals surface area (Å²) in [7, 11) is 0. The van der Waals surface area contributed by atoms with Crippen molar-refractivity contribution in [2.24, 2.45) is 5.92 Å². The molecule has 30 heavy (non-hydrogen) atoms. The van der Waals surface area contributed by atoms with Crippen LogP contribution >= 0.6 is 0 Å². The molecule has 2 aliphatic rings. The van der Waals surface area contributed by atoms with E-state index in [-0.39, 0.29) is 17.9 Å². The maximum atomic E-state index is 13.7. The maximum Gasteiger partial charge on any atom is 0.266 e. The number of rotatable bonds is 3. The first-order chi connectivity index (χ1) is 14.6. The predicted octanol–water partition coefficient (Wildman–Crippen LogP) is 4.35. The summed E-state index contributed by atoms with van der Waals surface area (Å²) < 4.78 is 0. The van der Waals surface area contributed by atoms with Crippen molar-refractivity contribution < 1.29 is 14.4 Å². The van der Waals surface area contributed by atoms with E-state index in [1.807, 2.05) is 92.7 Å². The van der Waals surface area contributed by atoms with Gasteiger partial charge in [0.05, 0.1) is 17.4 Å². The number of hydrogen-bond acceptors (Lipinski definition) is 4. The third-order valence-corrected chi connectivity index (χ3v) is 5.93. The summed E-state index contributed by atoms with van der Waals surface area (Å²) in [5.41, 5.74) is 4.22. The predicted molar refractivity (Wildman–Crippen MR) is 115 cm³/mol. The first-order valence-corrected chi connectivity index (χ1v) is 10.1. The van der Waals surface area contributed by atoms with Crippen molar-refractivity contribution >= 4 is 23.2 Å². The van der Waals surface area contributed by atoms with Gasteiger partial charge in [-0.2, -0.15) is 0 Å². The lowest BCUT2D eigenvalue weighted by molar-refractivity contribution is -0.126. The van der Waals surface area contributed by atoms with Crippen molar-refractivity contribution in [3.05, 3.63) is 95.6 Å². The molecule has 5 nitrogen and oxygen atoms in total. The Labute approximate surface area is 175 Å². The first-order valence-electron chi connectivity index (χ1n) is 10.1. The number of carbonyl (C=O) groups is 2. The average molecular weight is 398 g/mol. The Morgan fingerprint density at radius 2 is 1.33 bits per heavy atom. The Kier molecular flexibility index (Phi) is 4.40. The zero-order valence-electron chi connectivity index (χ0n) is 16.9. The van der Waals surface area contributed by atoms with Crippen molar-refractivity contribution in [1.29, 1.82) is 0 Å². The molecule has 3 aromatic rings. The number of fused-ring (bicyclic) bond motifs is 1. The van der Waals surface area contributed by atoms with Gasteiger partial charge in [-0.25, -0.2) is 9.96 Å². The fourth-order valence-electron chi connectivity index (χ4n) is 4.58. The monoisotopic (exact) mass is 398 g/mol. The Balaban J connectivity index is 1.61. The van der Waals surface area contributed by atoms with Crippen LogP contribution in [0.1, 0.15) is 22.7 Å². The zero-order valence-corrected chi connectivity index (χ0v) is 16.9. The second-order valence-corrected chi connectivity index (χ2v) is 7.82. The van der Waals surface area contributed by atoms with E-state index in [4.69, 9.17) is 4.84 Å². The van der Waals surface area contributed by atoms with Crippen LogP contribution in [0.5, 0.6) is 0 Å². The standard InChI is InChI=1S/C25H22N2O3/c1-16-10-9-11-17(2)21(16)26-24(28)20-22(18-12-5-3-6-13-18)27(30-23(20)25(26)29)19-14-7-4-8-15-19/h3-15,20,22-23H,1-2H3/t20-,22+,23+/m0/s1. The molecule has 3 atom stereocenters. The number of benzene rings is 3. The molecule has 2 fully saturated rings. The molecule has 0 radical (unpaired) electrons. The highest BCUT2D eigenvalue weighted by molar-refractivity contribution is 6.24. The van der Waals surface area contributed by atoms with Gasteiger partial charge in [0.2, 0.25) is 5.91 Å². The number of aryl methyl sites for hydroxylation is 2. The van der Waals surface area contributed by atoms with Gasteiger partial charge >= 0.3 is 0 Å². The van der Waals surface area contributed by atoms with Gasteiger partial charge in [0.1, 0.15) is 5.92 Å². The SMILES string of the molecule is Cc1cccc(C)c1N1C(=O)[C@H]2[C@@H](c3ccccc3)N(c3ccccc3)O[C@H]2C1=O. The summed E-state index contributed by atoms with van der Waals surface area (Å²) in [6.07, 6.45) is -0.845. The number of imide groups is 1. The third kappa shape index (κ3) is 2.74. The Bertz CT molecular complexity index is 1090. The molecule has 150 valence electrons. The molecule has 2 amide bonds. The van der Waals surface area contributed by atoms with E-state index in [1.54, 1.807) is 5.06 Å². The van der Waals surface area contributed by atoms with E-state index in [2.05, 4.69) is 0 Å². The molecule has 2 aliphatic heterocycles. The fourth-order valence-corrected chi connectivity index (χ4v) is 4.58. The molecule has 0 spiro atoms. The zero-order chi connectivity index (χ0) is 20.8. The van der Waals surface area contributed by atoms with E-state index in [0.717, 1.165) is 22.4 Å². The highest BCUT2D eigenvalue weighted by atomic mass is 16.7. The van der Waals surface area contributed by atoms with Gasteiger partial charge in [-0.3, -0.25) is 14.4 Å². The summed E-state index contributed by atoms with van der Waals surface area (Å²) in [6, 6.07) is 24.8. The number of amides is 2. The van der Waals surface area contributed by atoms with Crippen LogP contribution in [-0.2, 0) is 14.4 Å². The third-order valence-electron chi connectivity index (χ3n) is 5.93. The van der Waals surface area contributed by atoms with E-state index >= 15 is 0 Å². The highest BCUT2D eigenvalue weighted by Crippen LogP contribution is 2.48. The summed E-state index contributed by atoms with van der Waals surface area (Å²) in [5.74, 6) is -1.13. The lowest BCUT2D eigenvalue weighted by atomic mass is 9.90. The Morgan fingerprint density at radius 1 is 0.733 bits per heavy atom. The number of para-hydroxylation sites is 2. The lowest BCUT2D eigenvalue weighted by Crippen LogP contribution is -2.38. The van der Waals surface area contributed by atoms with Crippen molar-refractivity contribution in [1.82, 2.24) is 0 Å². The summed E-state index contributed by atoms with van der Waals surface area (Å²) in [5, 5.41) is 1.72. The van der Waals surface area contributed by atoms with Gasteiger partial charge in [0.25, 0.3) is 5.91 Å². The number of hydroxylamine groups is 1. The molecule has 0 aliphatic carbocycles. The van der Waals surface area contributed by atoms with Gasteiger partial charge in [-0.1, -0.05) is 66.7 Å². The number of anilines is 2. The van der Waals surface area contributed by atoms with Crippen LogP contribution in [0.3, 0.4) is 0 Å². The molecule has 5 heteroatoms. The van der Waals surface area contributed by atoms with Crippen LogP contribution in [0.4, 0.5) is 11.4 Å². The first kappa shape index (κ1) is 18.6. The molecule has 5 rings (SSSR count). The Hall–Kier alpha value is -3.44. The van der Waals surface area contributed by atoms with Crippen LogP contribution in [0, 0.1) is 19.8 Å². The second-order valence-electron chi connectivity index (χ2n) is 7.82. The molecular formula is C25H22N2O3. The lowest BCUT2D eigenvalue weighted by Gasteiger charge is -2.29. The molecule has 2 heterocycles. The number of hydrogen-bond donors (Lipinski definition) is 0. The molecule has 0 bridgehead atoms. The quantitative estimate of drug-likeness (QED) is 0.616. The largest absolute Gasteiger partial charge is 0.273 e. The summed E-state index contributed by atoms with van der Waals surface area (Å²) >= 11 is 0. The smallest absolute Gasteiger partial charge is 0.266 e. The fraction of sp³-hybridized carbons (Fsp3) is 0.200. The van der Waals surface area contributed by atoms with Crippen molar-refractivity contribution in [2.75, 3.05) is 9.96 Å². The molecule has 0 aromatic heterocycles. The number of nitrogens with zero attached hydrogens (tertiary/aromatic N) is 2. The minimum Gasteiger partial charge on any atom is -0.273 e. The molecule has 0 unspecified atom stereocenters. The highest BCUT2D eigenvalue weighted by Gasteiger charge is 2.60. The summed E-state index contributed by atoms with van der Waals surface area (Å²) in [4.78, 5) is 34.6. The van der Waals surface area contributed by atoms with E-state index in [1.165, 1.54) is 4.90 Å². The van der Waals surface area contributed by atoms with Crippen LogP contribution in [-0.4, -0.2) is 17.9 Å². The van der Waals surface area contributed by atoms with Gasteiger partial charge in [0, 0.05) is 0 Å². The van der Waals surface area contributed by atoms with Crippen LogP contribution < -0.4 is 9.96 Å². The average Bonchev–Trinajstić information content (AvgIpc) is 3.27. The van der Waals surface area contributed by atoms with E-state index < -0.39 is 12.0 Å². The topological polar surface area (TPSA) is 49.9 Å². The van der Waals surface area contributed by atoms with Gasteiger partial charge in [0.15, 0.2) is 6.10 Å². The van der Waals surface area contributed by atoms with Crippen molar-refractivity contribution in [3.63, 3.8) is 0 Å². The van der Waals surface area contributed by atoms with Gasteiger partial charge < -0.3 is 0 Å². The number of carbonyl (C=O) groups excluding carboxylic acids is 2. The normalized spacial score (nSPS) is 23.2. The molecule has 0 saturated carbocycles. The second kappa shape index (κ2) is 7.11. The molecular weight excluding hydrogens is 376 g/mol. The van der Waals surface area contributed by atoms with Crippen molar-refractivity contribution in [3.8, 4) is 0 Å². The van der Waals surface area contributed by atoms with Gasteiger partial charge in [-0.05, 0) is 42.7 Å². The minimum atomic E-state index is -0.845. The van der Waals surface area contributed by atoms with Crippen LogP contribution in [0.2, 0.25) is 0 Å². The Morgan fingerprint density at radius 3 is 1.97 bits per heavy atom. The molecule has 0 N–H and O–H groups in total. The van der Waals surface area contributed by atoms with Crippen LogP contribution in [0.25, 0.3) is 0 Å². The van der Waals surface area contributed by atoms with Crippen LogP contribution in [0.15, 0.2) is 78.9 Å². The van der Waals surface area contributed by atoms with E-state index in [9.17, 15) is 9.59 Å². The summed E-state index contributed by atoms with van der Waals surface area (Å²) in [6.45, 7) is 3.84.